The average Bonchev–Trinajstić information content (AvgIpc) is 3.08. The number of carbonyl (C=O) groups excluding carboxylic acids is 1. The van der Waals surface area contributed by atoms with Gasteiger partial charge in [-0.25, -0.2) is 0 Å². The van der Waals surface area contributed by atoms with Crippen LogP contribution in [0.2, 0.25) is 0 Å². The second-order valence-corrected chi connectivity index (χ2v) is 6.68. The summed E-state index contributed by atoms with van der Waals surface area (Å²) in [6.45, 7) is 9.83. The molecule has 2 heterocycles. The van der Waals surface area contributed by atoms with E-state index in [2.05, 4.69) is 22.0 Å². The van der Waals surface area contributed by atoms with Gasteiger partial charge in [-0.3, -0.25) is 9.59 Å². The molecule has 1 aromatic carbocycles. The first-order chi connectivity index (χ1) is 12.9. The van der Waals surface area contributed by atoms with E-state index in [9.17, 15) is 9.59 Å². The molecular weight excluding hydrogens is 342 g/mol. The Labute approximate surface area is 157 Å². The summed E-state index contributed by atoms with van der Waals surface area (Å²) in [4.78, 5) is 29.8. The molecule has 0 fully saturated rings. The molecule has 0 saturated carbocycles. The highest BCUT2D eigenvalue weighted by molar-refractivity contribution is 5.79. The van der Waals surface area contributed by atoms with Crippen molar-refractivity contribution in [1.29, 1.82) is 0 Å². The number of nitrogens with one attached hydrogen (secondary N) is 1. The number of carbonyl (C=O) groups is 1. The van der Waals surface area contributed by atoms with Gasteiger partial charge in [-0.1, -0.05) is 36.4 Å². The number of amides is 1. The van der Waals surface area contributed by atoms with Crippen LogP contribution in [0.3, 0.4) is 0 Å². The number of rotatable bonds is 6. The van der Waals surface area contributed by atoms with Gasteiger partial charge in [0.15, 0.2) is 5.82 Å². The first kappa shape index (κ1) is 18.6. The van der Waals surface area contributed by atoms with E-state index >= 15 is 0 Å². The van der Waals surface area contributed by atoms with E-state index in [0.29, 0.717) is 29.4 Å². The minimum Gasteiger partial charge on any atom is -0.354 e. The normalized spacial score (nSPS) is 11.1. The molecular formula is C20H23N5O2. The summed E-state index contributed by atoms with van der Waals surface area (Å²) in [6, 6.07) is 9.48. The highest BCUT2D eigenvalue weighted by Gasteiger charge is 2.20. The Hall–Kier alpha value is -3.22. The van der Waals surface area contributed by atoms with Crippen LogP contribution in [-0.4, -0.2) is 31.1 Å². The Morgan fingerprint density at radius 3 is 2.63 bits per heavy atom. The molecule has 7 heteroatoms. The zero-order valence-corrected chi connectivity index (χ0v) is 15.8. The lowest BCUT2D eigenvalue weighted by Gasteiger charge is -2.14. The van der Waals surface area contributed by atoms with Gasteiger partial charge >= 0.3 is 0 Å². The average molecular weight is 365 g/mol. The number of fused-ring (bicyclic) bond motifs is 1. The maximum atomic E-state index is 13.0. The Morgan fingerprint density at radius 2 is 2.00 bits per heavy atom. The third kappa shape index (κ3) is 3.67. The van der Waals surface area contributed by atoms with E-state index < -0.39 is 0 Å². The van der Waals surface area contributed by atoms with Gasteiger partial charge in [-0.05, 0) is 20.8 Å². The Morgan fingerprint density at radius 1 is 1.30 bits per heavy atom. The van der Waals surface area contributed by atoms with Crippen LogP contribution < -0.4 is 10.9 Å². The predicted molar refractivity (Wildman–Crippen MR) is 105 cm³/mol. The van der Waals surface area contributed by atoms with Crippen LogP contribution in [0.25, 0.3) is 17.2 Å². The molecule has 0 spiro atoms. The lowest BCUT2D eigenvalue weighted by Crippen LogP contribution is -2.35. The number of benzene rings is 1. The molecule has 0 aliphatic rings. The van der Waals surface area contributed by atoms with Crippen molar-refractivity contribution >= 4 is 11.7 Å². The van der Waals surface area contributed by atoms with Crippen molar-refractivity contribution in [3.05, 3.63) is 64.6 Å². The fraction of sp³-hybridized carbons (Fsp3) is 0.300. The van der Waals surface area contributed by atoms with Crippen LogP contribution in [0.15, 0.2) is 47.8 Å². The number of hydrogen-bond acceptors (Lipinski definition) is 4. The lowest BCUT2D eigenvalue weighted by molar-refractivity contribution is -0.120. The summed E-state index contributed by atoms with van der Waals surface area (Å²) in [5, 5.41) is 7.23. The first-order valence-electron chi connectivity index (χ1n) is 8.87. The molecule has 0 aliphatic heterocycles. The fourth-order valence-corrected chi connectivity index (χ4v) is 3.00. The third-order valence-electron chi connectivity index (χ3n) is 4.25. The van der Waals surface area contributed by atoms with Crippen LogP contribution in [0, 0.1) is 6.92 Å². The minimum absolute atomic E-state index is 0.00351. The monoisotopic (exact) mass is 365 g/mol. The Balaban J connectivity index is 2.18. The summed E-state index contributed by atoms with van der Waals surface area (Å²) in [5.74, 6) is 0.705. The molecule has 0 saturated heterocycles. The fourth-order valence-electron chi connectivity index (χ4n) is 3.00. The molecule has 140 valence electrons. The molecule has 7 nitrogen and oxygen atoms in total. The summed E-state index contributed by atoms with van der Waals surface area (Å²) >= 11 is 0. The molecule has 1 N–H and O–H groups in total. The standard InChI is InChI=1S/C20H23N5O2/c1-5-11-24-14(4)16(12-17(26)21-13(2)3)19(27)25-20(24)22-18(23-25)15-9-7-6-8-10-15/h5-10,13H,1,11-12H2,2-4H3,(H,21,26). The summed E-state index contributed by atoms with van der Waals surface area (Å²) in [5.41, 5.74) is 1.60. The largest absolute Gasteiger partial charge is 0.354 e. The van der Waals surface area contributed by atoms with Gasteiger partial charge in [-0.2, -0.15) is 9.50 Å². The molecule has 27 heavy (non-hydrogen) atoms. The maximum Gasteiger partial charge on any atom is 0.279 e. The van der Waals surface area contributed by atoms with Gasteiger partial charge in [0.25, 0.3) is 5.56 Å². The van der Waals surface area contributed by atoms with Gasteiger partial charge in [0, 0.05) is 29.4 Å². The van der Waals surface area contributed by atoms with Gasteiger partial charge in [0.05, 0.1) is 6.42 Å². The zero-order chi connectivity index (χ0) is 19.6. The molecule has 3 aromatic rings. The maximum absolute atomic E-state index is 13.0. The minimum atomic E-state index is -0.323. The van der Waals surface area contributed by atoms with Crippen molar-refractivity contribution in [2.24, 2.45) is 0 Å². The summed E-state index contributed by atoms with van der Waals surface area (Å²) in [7, 11) is 0. The van der Waals surface area contributed by atoms with Crippen LogP contribution in [-0.2, 0) is 17.8 Å². The highest BCUT2D eigenvalue weighted by Crippen LogP contribution is 2.17. The van der Waals surface area contributed by atoms with Gasteiger partial charge < -0.3 is 9.88 Å². The van der Waals surface area contributed by atoms with Gasteiger partial charge in [-0.15, -0.1) is 11.7 Å². The number of nitrogens with zero attached hydrogens (tertiary/aromatic N) is 4. The molecule has 3 rings (SSSR count). The molecule has 0 radical (unpaired) electrons. The van der Waals surface area contributed by atoms with Crippen LogP contribution in [0.4, 0.5) is 0 Å². The van der Waals surface area contributed by atoms with Crippen molar-refractivity contribution < 1.29 is 4.79 Å². The number of allylic oxidation sites excluding steroid dienone is 1. The van der Waals surface area contributed by atoms with Gasteiger partial charge in [0.2, 0.25) is 11.7 Å². The van der Waals surface area contributed by atoms with Crippen LogP contribution in [0.5, 0.6) is 0 Å². The predicted octanol–water partition coefficient (Wildman–Crippen LogP) is 2.12. The lowest BCUT2D eigenvalue weighted by atomic mass is 10.1. The molecule has 0 aliphatic carbocycles. The van der Waals surface area contributed by atoms with Crippen LogP contribution >= 0.6 is 0 Å². The Kier molecular flexibility index (Phi) is 5.21. The smallest absolute Gasteiger partial charge is 0.279 e. The second-order valence-electron chi connectivity index (χ2n) is 6.68. The van der Waals surface area contributed by atoms with Crippen molar-refractivity contribution in [1.82, 2.24) is 24.5 Å². The van der Waals surface area contributed by atoms with Crippen molar-refractivity contribution in [2.45, 2.75) is 39.8 Å². The summed E-state index contributed by atoms with van der Waals surface area (Å²) < 4.78 is 3.13. The van der Waals surface area contributed by atoms with E-state index in [1.807, 2.05) is 55.7 Å². The van der Waals surface area contributed by atoms with Crippen molar-refractivity contribution in [2.75, 3.05) is 0 Å². The van der Waals surface area contributed by atoms with Crippen molar-refractivity contribution in [3.63, 3.8) is 0 Å². The van der Waals surface area contributed by atoms with E-state index in [1.54, 1.807) is 6.08 Å². The number of hydrogen-bond donors (Lipinski definition) is 1. The highest BCUT2D eigenvalue weighted by atomic mass is 16.2. The Bertz CT molecular complexity index is 1050. The zero-order valence-electron chi connectivity index (χ0n) is 15.8. The molecule has 0 atom stereocenters. The molecule has 2 aromatic heterocycles. The SMILES string of the molecule is C=CCn1c(C)c(CC(=O)NC(C)C)c(=O)n2nc(-c3ccccc3)nc12. The topological polar surface area (TPSA) is 81.3 Å². The molecule has 0 bridgehead atoms. The third-order valence-corrected chi connectivity index (χ3v) is 4.25. The van der Waals surface area contributed by atoms with Crippen molar-refractivity contribution in [3.8, 4) is 11.4 Å². The molecule has 0 unspecified atom stereocenters. The first-order valence-corrected chi connectivity index (χ1v) is 8.87. The summed E-state index contributed by atoms with van der Waals surface area (Å²) in [6.07, 6.45) is 1.72. The number of aromatic nitrogens is 4. The van der Waals surface area contributed by atoms with Crippen LogP contribution in [0.1, 0.15) is 25.1 Å². The van der Waals surface area contributed by atoms with Gasteiger partial charge in [0.1, 0.15) is 0 Å². The quantitative estimate of drug-likeness (QED) is 0.679. The van der Waals surface area contributed by atoms with E-state index in [0.717, 1.165) is 5.56 Å². The molecule has 1 amide bonds. The van der Waals surface area contributed by atoms with E-state index in [4.69, 9.17) is 0 Å². The van der Waals surface area contributed by atoms with E-state index in [1.165, 1.54) is 4.52 Å². The van der Waals surface area contributed by atoms with E-state index in [-0.39, 0.29) is 23.9 Å². The second kappa shape index (κ2) is 7.57.